The highest BCUT2D eigenvalue weighted by Gasteiger charge is 2.34. The smallest absolute Gasteiger partial charge is 0.304 e. The Hall–Kier alpha value is -2.40. The fourth-order valence-corrected chi connectivity index (χ4v) is 5.77. The highest BCUT2D eigenvalue weighted by atomic mass is 35.5. The van der Waals surface area contributed by atoms with E-state index < -0.39 is 34.5 Å². The van der Waals surface area contributed by atoms with Crippen LogP contribution in [0.15, 0.2) is 42.5 Å². The molecule has 2 aromatic rings. The van der Waals surface area contributed by atoms with Crippen LogP contribution >= 0.6 is 23.2 Å². The number of rotatable bonds is 10. The molecule has 0 unspecified atom stereocenters. The van der Waals surface area contributed by atoms with E-state index in [1.165, 1.54) is 37.2 Å². The van der Waals surface area contributed by atoms with Gasteiger partial charge in [-0.1, -0.05) is 54.2 Å². The summed E-state index contributed by atoms with van der Waals surface area (Å²) in [7, 11) is -1.70. The van der Waals surface area contributed by atoms with Crippen LogP contribution in [0.2, 0.25) is 10.0 Å². The number of hydrogen-bond acceptors (Lipinski definition) is 4. The van der Waals surface area contributed by atoms with Crippen molar-refractivity contribution in [2.45, 2.75) is 51.2 Å². The Balaban J connectivity index is 1.98. The average Bonchev–Trinajstić information content (AvgIpc) is 3.35. The lowest BCUT2D eigenvalue weighted by molar-refractivity contribution is -0.139. The summed E-state index contributed by atoms with van der Waals surface area (Å²) < 4.78 is 42.5. The molecule has 3 rings (SSSR count). The Kier molecular flexibility index (Phi) is 9.80. The minimum absolute atomic E-state index is 0.0137. The Morgan fingerprint density at radius 1 is 1.05 bits per heavy atom. The number of nitrogens with zero attached hydrogens (tertiary/aromatic N) is 3. The fourth-order valence-electron chi connectivity index (χ4n) is 4.18. The number of benzene rings is 2. The Morgan fingerprint density at radius 2 is 1.65 bits per heavy atom. The van der Waals surface area contributed by atoms with Gasteiger partial charge in [-0.3, -0.25) is 9.59 Å². The maximum atomic E-state index is 14.7. The summed E-state index contributed by atoms with van der Waals surface area (Å²) >= 11 is 12.7. The van der Waals surface area contributed by atoms with E-state index >= 15 is 0 Å². The van der Waals surface area contributed by atoms with Gasteiger partial charge in [-0.2, -0.15) is 12.7 Å². The van der Waals surface area contributed by atoms with Crippen LogP contribution in [0.4, 0.5) is 10.1 Å². The molecule has 0 saturated heterocycles. The largest absolute Gasteiger partial charge is 0.352 e. The third-order valence-corrected chi connectivity index (χ3v) is 8.91. The van der Waals surface area contributed by atoms with Gasteiger partial charge in [0.25, 0.3) is 0 Å². The quantitative estimate of drug-likeness (QED) is 0.461. The predicted octanol–water partition coefficient (Wildman–Crippen LogP) is 4.22. The van der Waals surface area contributed by atoms with Crippen molar-refractivity contribution in [1.82, 2.24) is 14.5 Å². The van der Waals surface area contributed by atoms with E-state index in [1.54, 1.807) is 25.1 Å². The standard InChI is InChI=1S/C25H31Cl2FN4O4S/c1-17(25(34)29-18-9-4-5-10-18)31(15-19-20(26)11-8-12-21(19)27)24(33)16-32(37(35,36)30(2)3)23-14-7-6-13-22(23)28/h6-8,11-14,17-18H,4-5,9-10,15-16H2,1-3H3,(H,29,34)/t17-/m0/s1. The van der Waals surface area contributed by atoms with Crippen LogP contribution in [-0.4, -0.2) is 62.2 Å². The first-order chi connectivity index (χ1) is 17.4. The molecule has 1 aliphatic rings. The molecule has 0 radical (unpaired) electrons. The minimum Gasteiger partial charge on any atom is -0.352 e. The second kappa shape index (κ2) is 12.4. The van der Waals surface area contributed by atoms with E-state index in [-0.39, 0.29) is 24.2 Å². The fraction of sp³-hybridized carbons (Fsp3) is 0.440. The molecule has 12 heteroatoms. The molecule has 0 heterocycles. The zero-order valence-electron chi connectivity index (χ0n) is 21.0. The summed E-state index contributed by atoms with van der Waals surface area (Å²) in [6.07, 6.45) is 3.73. The number of nitrogens with one attached hydrogen (secondary N) is 1. The van der Waals surface area contributed by atoms with Crippen LogP contribution in [0, 0.1) is 5.82 Å². The summed E-state index contributed by atoms with van der Waals surface area (Å²) in [5.74, 6) is -1.91. The summed E-state index contributed by atoms with van der Waals surface area (Å²) in [5.41, 5.74) is 0.121. The Bertz CT molecular complexity index is 1220. The topological polar surface area (TPSA) is 90.0 Å². The lowest BCUT2D eigenvalue weighted by Gasteiger charge is -2.33. The van der Waals surface area contributed by atoms with Gasteiger partial charge in [0.05, 0.1) is 5.69 Å². The van der Waals surface area contributed by atoms with Gasteiger partial charge in [0.15, 0.2) is 0 Å². The van der Waals surface area contributed by atoms with Crippen molar-refractivity contribution >= 4 is 50.9 Å². The molecule has 1 aliphatic carbocycles. The first-order valence-corrected chi connectivity index (χ1v) is 14.1. The monoisotopic (exact) mass is 572 g/mol. The first kappa shape index (κ1) is 29.2. The maximum absolute atomic E-state index is 14.7. The molecule has 8 nitrogen and oxygen atoms in total. The number of anilines is 1. The second-order valence-electron chi connectivity index (χ2n) is 9.14. The molecular weight excluding hydrogens is 542 g/mol. The molecule has 1 N–H and O–H groups in total. The van der Waals surface area contributed by atoms with Gasteiger partial charge < -0.3 is 10.2 Å². The molecule has 0 spiro atoms. The van der Waals surface area contributed by atoms with Crippen LogP contribution in [0.3, 0.4) is 0 Å². The van der Waals surface area contributed by atoms with Crippen molar-refractivity contribution in [3.63, 3.8) is 0 Å². The van der Waals surface area contributed by atoms with Gasteiger partial charge >= 0.3 is 10.2 Å². The number of hydrogen-bond donors (Lipinski definition) is 1. The summed E-state index contributed by atoms with van der Waals surface area (Å²) in [6.45, 7) is 0.662. The molecule has 1 fully saturated rings. The van der Waals surface area contributed by atoms with Crippen molar-refractivity contribution in [1.29, 1.82) is 0 Å². The number of carbonyl (C=O) groups excluding carboxylic acids is 2. The van der Waals surface area contributed by atoms with Crippen LogP contribution in [0.25, 0.3) is 0 Å². The van der Waals surface area contributed by atoms with E-state index in [4.69, 9.17) is 23.2 Å². The Morgan fingerprint density at radius 3 is 2.22 bits per heavy atom. The summed E-state index contributed by atoms with van der Waals surface area (Å²) in [5, 5.41) is 3.56. The van der Waals surface area contributed by atoms with Crippen molar-refractivity contribution in [2.24, 2.45) is 0 Å². The van der Waals surface area contributed by atoms with Crippen LogP contribution in [0.1, 0.15) is 38.2 Å². The molecule has 202 valence electrons. The van der Waals surface area contributed by atoms with Gasteiger partial charge in [0, 0.05) is 42.3 Å². The summed E-state index contributed by atoms with van der Waals surface area (Å²) in [4.78, 5) is 28.1. The highest BCUT2D eigenvalue weighted by molar-refractivity contribution is 7.90. The van der Waals surface area contributed by atoms with E-state index in [1.807, 2.05) is 0 Å². The van der Waals surface area contributed by atoms with Crippen LogP contribution in [0.5, 0.6) is 0 Å². The molecule has 37 heavy (non-hydrogen) atoms. The van der Waals surface area contributed by atoms with Crippen molar-refractivity contribution in [3.8, 4) is 0 Å². The maximum Gasteiger partial charge on any atom is 0.304 e. The van der Waals surface area contributed by atoms with E-state index in [9.17, 15) is 22.4 Å². The number of halogens is 3. The molecule has 2 amide bonds. The van der Waals surface area contributed by atoms with Crippen LogP contribution < -0.4 is 9.62 Å². The molecule has 0 aromatic heterocycles. The van der Waals surface area contributed by atoms with Gasteiger partial charge in [-0.25, -0.2) is 8.70 Å². The van der Waals surface area contributed by atoms with E-state index in [2.05, 4.69) is 5.32 Å². The van der Waals surface area contributed by atoms with Gasteiger partial charge in [0.1, 0.15) is 18.4 Å². The normalized spacial score (nSPS) is 15.0. The van der Waals surface area contributed by atoms with Crippen LogP contribution in [-0.2, 0) is 26.3 Å². The molecule has 0 aliphatic heterocycles. The number of amides is 2. The van der Waals surface area contributed by atoms with E-state index in [0.29, 0.717) is 19.9 Å². The molecular formula is C25H31Cl2FN4O4S. The zero-order valence-corrected chi connectivity index (χ0v) is 23.3. The molecule has 1 saturated carbocycles. The van der Waals surface area contributed by atoms with Gasteiger partial charge in [0.2, 0.25) is 11.8 Å². The number of para-hydroxylation sites is 1. The summed E-state index contributed by atoms with van der Waals surface area (Å²) in [6, 6.07) is 9.17. The molecule has 1 atom stereocenters. The Labute approximate surface area is 227 Å². The highest BCUT2D eigenvalue weighted by Crippen LogP contribution is 2.28. The van der Waals surface area contributed by atoms with Crippen molar-refractivity contribution < 1.29 is 22.4 Å². The SMILES string of the molecule is C[C@@H](C(=O)NC1CCCC1)N(Cc1c(Cl)cccc1Cl)C(=O)CN(c1ccccc1F)S(=O)(=O)N(C)C. The molecule has 0 bridgehead atoms. The lowest BCUT2D eigenvalue weighted by atomic mass is 10.1. The predicted molar refractivity (Wildman–Crippen MR) is 143 cm³/mol. The average molecular weight is 574 g/mol. The van der Waals surface area contributed by atoms with E-state index in [0.717, 1.165) is 36.1 Å². The molecule has 2 aromatic carbocycles. The first-order valence-electron chi connectivity index (χ1n) is 11.9. The van der Waals surface area contributed by atoms with Gasteiger partial charge in [-0.05, 0) is 44.0 Å². The third-order valence-electron chi connectivity index (χ3n) is 6.40. The second-order valence-corrected chi connectivity index (χ2v) is 12.0. The number of carbonyl (C=O) groups is 2. The van der Waals surface area contributed by atoms with Crippen molar-refractivity contribution in [2.75, 3.05) is 24.9 Å². The zero-order chi connectivity index (χ0) is 27.3. The lowest BCUT2D eigenvalue weighted by Crippen LogP contribution is -2.53. The minimum atomic E-state index is -4.27. The van der Waals surface area contributed by atoms with Gasteiger partial charge in [-0.15, -0.1) is 0 Å². The van der Waals surface area contributed by atoms with Crippen molar-refractivity contribution in [3.05, 3.63) is 63.9 Å². The third kappa shape index (κ3) is 6.93.